The second-order valence-electron chi connectivity index (χ2n) is 8.63. The van der Waals surface area contributed by atoms with Gasteiger partial charge in [0.15, 0.2) is 5.75 Å². The van der Waals surface area contributed by atoms with Crippen LogP contribution in [0.4, 0.5) is 5.69 Å². The molecule has 10 nitrogen and oxygen atoms in total. The number of ether oxygens (including phenoxy) is 2. The van der Waals surface area contributed by atoms with Crippen LogP contribution < -0.4 is 25.0 Å². The summed E-state index contributed by atoms with van der Waals surface area (Å²) in [6, 6.07) is 12.0. The fraction of sp³-hybridized carbons (Fsp3) is 0.192. The van der Waals surface area contributed by atoms with Gasteiger partial charge < -0.3 is 19.7 Å². The van der Waals surface area contributed by atoms with Crippen molar-refractivity contribution in [2.24, 2.45) is 7.05 Å². The fourth-order valence-corrected chi connectivity index (χ4v) is 4.34. The maximum atomic E-state index is 13.3. The number of rotatable bonds is 5. The minimum atomic E-state index is -0.935. The molecule has 5 rings (SSSR count). The van der Waals surface area contributed by atoms with E-state index in [2.05, 4.69) is 29.6 Å². The van der Waals surface area contributed by atoms with Crippen LogP contribution in [0.25, 0.3) is 11.3 Å². The zero-order valence-electron chi connectivity index (χ0n) is 20.5. The highest BCUT2D eigenvalue weighted by Crippen LogP contribution is 2.35. The lowest BCUT2D eigenvalue weighted by Gasteiger charge is -2.20. The zero-order valence-corrected chi connectivity index (χ0v) is 21.7. The lowest BCUT2D eigenvalue weighted by molar-refractivity contribution is -0.120. The molecule has 0 saturated carbocycles. The van der Waals surface area contributed by atoms with E-state index >= 15 is 0 Å². The number of likely N-dealkylation sites (N-methyl/N-ethyl adjacent to an activating group) is 1. The molecule has 2 aromatic heterocycles. The van der Waals surface area contributed by atoms with Crippen molar-refractivity contribution in [1.82, 2.24) is 25.1 Å². The summed E-state index contributed by atoms with van der Waals surface area (Å²) in [6.45, 7) is 1.84. The molecule has 2 atom stereocenters. The van der Waals surface area contributed by atoms with Crippen molar-refractivity contribution in [2.45, 2.75) is 13.0 Å². The van der Waals surface area contributed by atoms with Crippen LogP contribution in [-0.4, -0.2) is 51.3 Å². The SMILES string of the molecule is Cc1cnc(C(=O)N[C@H]2COc3ccc(Oc4cnn(C)c4)cc3N(C)C2=O)nc1-c1ccccc1P. The largest absolute Gasteiger partial charge is 0.489 e. The van der Waals surface area contributed by atoms with Crippen LogP contribution in [0.3, 0.4) is 0 Å². The predicted octanol–water partition coefficient (Wildman–Crippen LogP) is 2.63. The van der Waals surface area contributed by atoms with E-state index in [1.54, 1.807) is 55.6 Å². The van der Waals surface area contributed by atoms with E-state index in [-0.39, 0.29) is 18.3 Å². The molecular weight excluding hydrogens is 491 g/mol. The van der Waals surface area contributed by atoms with Crippen molar-refractivity contribution in [1.29, 1.82) is 0 Å². The molecule has 188 valence electrons. The van der Waals surface area contributed by atoms with Crippen LogP contribution in [0.2, 0.25) is 0 Å². The van der Waals surface area contributed by atoms with Crippen molar-refractivity contribution in [3.63, 3.8) is 0 Å². The number of nitrogens with one attached hydrogen (secondary N) is 1. The van der Waals surface area contributed by atoms with Gasteiger partial charge in [0.1, 0.15) is 24.1 Å². The van der Waals surface area contributed by atoms with Gasteiger partial charge in [-0.15, -0.1) is 9.24 Å². The van der Waals surface area contributed by atoms with Crippen LogP contribution in [0.15, 0.2) is 61.1 Å². The highest BCUT2D eigenvalue weighted by molar-refractivity contribution is 7.28. The molecule has 1 aliphatic heterocycles. The number of hydrogen-bond donors (Lipinski definition) is 1. The third-order valence-electron chi connectivity index (χ3n) is 5.94. The van der Waals surface area contributed by atoms with Crippen molar-refractivity contribution in [3.8, 4) is 28.5 Å². The molecule has 1 aliphatic rings. The molecule has 1 N–H and O–H groups in total. The molecule has 0 spiro atoms. The number of carbonyl (C=O) groups is 2. The van der Waals surface area contributed by atoms with Gasteiger partial charge in [0, 0.05) is 31.9 Å². The molecule has 0 fully saturated rings. The predicted molar refractivity (Wildman–Crippen MR) is 141 cm³/mol. The Labute approximate surface area is 215 Å². The Kier molecular flexibility index (Phi) is 6.58. The Balaban J connectivity index is 1.34. The number of benzene rings is 2. The first-order valence-corrected chi connectivity index (χ1v) is 12.1. The maximum Gasteiger partial charge on any atom is 0.289 e. The summed E-state index contributed by atoms with van der Waals surface area (Å²) >= 11 is 0. The molecule has 0 radical (unpaired) electrons. The molecule has 4 aromatic rings. The molecule has 1 unspecified atom stereocenters. The minimum absolute atomic E-state index is 0.0294. The van der Waals surface area contributed by atoms with Gasteiger partial charge in [0.2, 0.25) is 5.82 Å². The van der Waals surface area contributed by atoms with E-state index in [1.807, 2.05) is 31.2 Å². The van der Waals surface area contributed by atoms with E-state index < -0.39 is 11.9 Å². The smallest absolute Gasteiger partial charge is 0.289 e. The quantitative estimate of drug-likeness (QED) is 0.406. The molecule has 37 heavy (non-hydrogen) atoms. The first kappa shape index (κ1) is 24.4. The molecule has 11 heteroatoms. The van der Waals surface area contributed by atoms with Crippen molar-refractivity contribution in [2.75, 3.05) is 18.6 Å². The Morgan fingerprint density at radius 3 is 2.73 bits per heavy atom. The fourth-order valence-electron chi connectivity index (χ4n) is 3.99. The third-order valence-corrected chi connectivity index (χ3v) is 6.44. The van der Waals surface area contributed by atoms with E-state index in [0.717, 1.165) is 16.4 Å². The lowest BCUT2D eigenvalue weighted by Crippen LogP contribution is -2.49. The van der Waals surface area contributed by atoms with Crippen LogP contribution >= 0.6 is 9.24 Å². The van der Waals surface area contributed by atoms with Crippen LogP contribution in [0.1, 0.15) is 16.2 Å². The van der Waals surface area contributed by atoms with E-state index in [0.29, 0.717) is 28.6 Å². The van der Waals surface area contributed by atoms with Crippen molar-refractivity contribution in [3.05, 3.63) is 72.4 Å². The number of aromatic nitrogens is 4. The van der Waals surface area contributed by atoms with Gasteiger partial charge in [-0.05, 0) is 29.9 Å². The normalized spacial score (nSPS) is 15.0. The standard InChI is InChI=1S/C26H25N6O4P/c1-15-11-27-24(30-23(15)18-6-4-5-7-22(18)37)25(33)29-19-14-35-21-9-8-16(10-20(21)32(3)26(19)34)36-17-12-28-31(2)13-17/h4-13,19H,14,37H2,1-3H3,(H,29,33)/t19-/m0/s1. The number of nitrogens with zero attached hydrogens (tertiary/aromatic N) is 5. The number of aryl methyl sites for hydroxylation is 2. The van der Waals surface area contributed by atoms with Crippen LogP contribution in [-0.2, 0) is 11.8 Å². The minimum Gasteiger partial charge on any atom is -0.489 e. The van der Waals surface area contributed by atoms with Crippen LogP contribution in [0, 0.1) is 6.92 Å². The molecule has 2 amide bonds. The summed E-state index contributed by atoms with van der Waals surface area (Å²) in [7, 11) is 6.09. The summed E-state index contributed by atoms with van der Waals surface area (Å²) in [5.74, 6) is 0.651. The van der Waals surface area contributed by atoms with Gasteiger partial charge >= 0.3 is 0 Å². The zero-order chi connectivity index (χ0) is 26.1. The summed E-state index contributed by atoms with van der Waals surface area (Å²) in [4.78, 5) is 36.5. The highest BCUT2D eigenvalue weighted by Gasteiger charge is 2.32. The molecule has 3 heterocycles. The molecule has 0 saturated heterocycles. The second kappa shape index (κ2) is 9.99. The molecule has 0 bridgehead atoms. The molecule has 0 aliphatic carbocycles. The number of amides is 2. The van der Waals surface area contributed by atoms with Gasteiger partial charge in [-0.2, -0.15) is 5.10 Å². The Bertz CT molecular complexity index is 1500. The topological polar surface area (TPSA) is 111 Å². The number of carbonyl (C=O) groups excluding carboxylic acids is 2. The van der Waals surface area contributed by atoms with E-state index in [9.17, 15) is 9.59 Å². The molecular formula is C26H25N6O4P. The Morgan fingerprint density at radius 1 is 1.16 bits per heavy atom. The average Bonchev–Trinajstić information content (AvgIpc) is 3.26. The van der Waals surface area contributed by atoms with E-state index in [1.165, 1.54) is 4.90 Å². The first-order valence-electron chi connectivity index (χ1n) is 11.5. The second-order valence-corrected chi connectivity index (χ2v) is 9.25. The van der Waals surface area contributed by atoms with Crippen molar-refractivity contribution < 1.29 is 19.1 Å². The Hall–Kier alpha value is -4.30. The Morgan fingerprint density at radius 2 is 1.97 bits per heavy atom. The number of fused-ring (bicyclic) bond motifs is 1. The highest BCUT2D eigenvalue weighted by atomic mass is 31.0. The van der Waals surface area contributed by atoms with Gasteiger partial charge in [-0.1, -0.05) is 24.3 Å². The molecule has 2 aromatic carbocycles. The summed E-state index contributed by atoms with van der Waals surface area (Å²) in [5, 5.41) is 7.77. The summed E-state index contributed by atoms with van der Waals surface area (Å²) in [6.07, 6.45) is 4.93. The summed E-state index contributed by atoms with van der Waals surface area (Å²) < 4.78 is 13.4. The summed E-state index contributed by atoms with van der Waals surface area (Å²) in [5.41, 5.74) is 2.89. The van der Waals surface area contributed by atoms with Gasteiger partial charge in [-0.3, -0.25) is 14.3 Å². The average molecular weight is 516 g/mol. The van der Waals surface area contributed by atoms with Gasteiger partial charge in [0.05, 0.1) is 23.8 Å². The number of hydrogen-bond acceptors (Lipinski definition) is 7. The van der Waals surface area contributed by atoms with Gasteiger partial charge in [-0.25, -0.2) is 9.97 Å². The maximum absolute atomic E-state index is 13.3. The first-order chi connectivity index (χ1) is 17.8. The van der Waals surface area contributed by atoms with Gasteiger partial charge in [0.25, 0.3) is 11.8 Å². The third kappa shape index (κ3) is 5.01. The lowest BCUT2D eigenvalue weighted by atomic mass is 10.1. The van der Waals surface area contributed by atoms with E-state index in [4.69, 9.17) is 9.47 Å². The van der Waals surface area contributed by atoms with Crippen molar-refractivity contribution >= 4 is 32.0 Å². The number of anilines is 1. The monoisotopic (exact) mass is 516 g/mol. The van der Waals surface area contributed by atoms with Crippen LogP contribution in [0.5, 0.6) is 17.2 Å².